The highest BCUT2D eigenvalue weighted by atomic mass is 35.5. The first-order valence-corrected chi connectivity index (χ1v) is 7.26. The molecule has 0 aliphatic rings. The van der Waals surface area contributed by atoms with Gasteiger partial charge < -0.3 is 9.64 Å². The number of alkyl halides is 2. The van der Waals surface area contributed by atoms with Crippen molar-refractivity contribution in [3.05, 3.63) is 0 Å². The number of hydrogen-bond donors (Lipinski definition) is 0. The number of halogens is 2. The van der Waals surface area contributed by atoms with Crippen LogP contribution in [-0.4, -0.2) is 42.4 Å². The minimum Gasteiger partial charge on any atom is -0.449 e. The minimum atomic E-state index is -0.233. The van der Waals surface area contributed by atoms with E-state index in [9.17, 15) is 4.79 Å². The summed E-state index contributed by atoms with van der Waals surface area (Å²) in [5.74, 6) is 1.63. The quantitative estimate of drug-likeness (QED) is 0.477. The van der Waals surface area contributed by atoms with E-state index in [4.69, 9.17) is 27.9 Å². The Hall–Kier alpha value is -0.150. The first-order valence-electron chi connectivity index (χ1n) is 6.19. The second-order valence-corrected chi connectivity index (χ2v) is 4.82. The molecule has 1 atom stereocenters. The Morgan fingerprint density at radius 1 is 1.35 bits per heavy atom. The molecule has 0 aromatic carbocycles. The van der Waals surface area contributed by atoms with Gasteiger partial charge in [0.1, 0.15) is 0 Å². The fourth-order valence-electron chi connectivity index (χ4n) is 1.29. The molecule has 0 saturated heterocycles. The topological polar surface area (TPSA) is 29.5 Å². The van der Waals surface area contributed by atoms with Gasteiger partial charge in [0.25, 0.3) is 0 Å². The molecule has 0 aromatic heterocycles. The Labute approximate surface area is 114 Å². The fraction of sp³-hybridized carbons (Fsp3) is 0.917. The molecule has 1 unspecified atom stereocenters. The van der Waals surface area contributed by atoms with Crippen LogP contribution in [0.5, 0.6) is 0 Å². The lowest BCUT2D eigenvalue weighted by Crippen LogP contribution is -2.32. The van der Waals surface area contributed by atoms with E-state index in [1.807, 2.05) is 13.8 Å². The molecule has 1 amide bonds. The lowest BCUT2D eigenvalue weighted by Gasteiger charge is -2.20. The van der Waals surface area contributed by atoms with E-state index in [-0.39, 0.29) is 6.09 Å². The van der Waals surface area contributed by atoms with E-state index in [1.165, 1.54) is 0 Å². The van der Waals surface area contributed by atoms with Crippen molar-refractivity contribution in [3.8, 4) is 0 Å². The summed E-state index contributed by atoms with van der Waals surface area (Å²) in [4.78, 5) is 13.4. The molecule has 0 aromatic rings. The van der Waals surface area contributed by atoms with Crippen molar-refractivity contribution in [2.75, 3.05) is 31.5 Å². The molecule has 0 spiro atoms. The van der Waals surface area contributed by atoms with Crippen LogP contribution < -0.4 is 0 Å². The highest BCUT2D eigenvalue weighted by molar-refractivity contribution is 6.18. The van der Waals surface area contributed by atoms with Crippen LogP contribution in [0.1, 0.15) is 33.1 Å². The molecule has 17 heavy (non-hydrogen) atoms. The third kappa shape index (κ3) is 8.56. The summed E-state index contributed by atoms with van der Waals surface area (Å²) in [6, 6.07) is 0. The summed E-state index contributed by atoms with van der Waals surface area (Å²) in [5, 5.41) is 0. The van der Waals surface area contributed by atoms with Crippen LogP contribution in [0, 0.1) is 5.92 Å². The van der Waals surface area contributed by atoms with Gasteiger partial charge in [-0.15, -0.1) is 23.2 Å². The van der Waals surface area contributed by atoms with Crippen molar-refractivity contribution in [1.82, 2.24) is 4.90 Å². The molecular formula is C12H23Cl2NO2. The summed E-state index contributed by atoms with van der Waals surface area (Å²) < 4.78 is 5.19. The van der Waals surface area contributed by atoms with Gasteiger partial charge in [-0.3, -0.25) is 0 Å². The highest BCUT2D eigenvalue weighted by Gasteiger charge is 2.12. The zero-order valence-corrected chi connectivity index (χ0v) is 12.3. The summed E-state index contributed by atoms with van der Waals surface area (Å²) in [6.07, 6.45) is 2.43. The number of carbonyl (C=O) groups excluding carboxylic acids is 1. The van der Waals surface area contributed by atoms with E-state index in [2.05, 4.69) is 0 Å². The first-order chi connectivity index (χ1) is 8.15. The van der Waals surface area contributed by atoms with Crippen LogP contribution >= 0.6 is 23.2 Å². The van der Waals surface area contributed by atoms with Crippen LogP contribution in [0.2, 0.25) is 0 Å². The number of amides is 1. The summed E-state index contributed by atoms with van der Waals surface area (Å²) >= 11 is 11.3. The number of unbranched alkanes of at least 4 members (excludes halogenated alkanes) is 1. The van der Waals surface area contributed by atoms with Crippen LogP contribution in [-0.2, 0) is 4.74 Å². The Bertz CT molecular complexity index is 203. The van der Waals surface area contributed by atoms with Crippen molar-refractivity contribution in [2.24, 2.45) is 5.92 Å². The smallest absolute Gasteiger partial charge is 0.409 e. The number of hydrogen-bond acceptors (Lipinski definition) is 2. The van der Waals surface area contributed by atoms with E-state index < -0.39 is 0 Å². The zero-order chi connectivity index (χ0) is 13.1. The summed E-state index contributed by atoms with van der Waals surface area (Å²) in [5.41, 5.74) is 0. The molecule has 0 bridgehead atoms. The fourth-order valence-corrected chi connectivity index (χ4v) is 1.63. The van der Waals surface area contributed by atoms with Crippen molar-refractivity contribution in [1.29, 1.82) is 0 Å². The molecule has 0 fully saturated rings. The number of ether oxygens (including phenoxy) is 1. The van der Waals surface area contributed by atoms with Gasteiger partial charge in [0.05, 0.1) is 6.61 Å². The number of nitrogens with zero attached hydrogens (tertiary/aromatic N) is 1. The molecule has 5 heteroatoms. The normalized spacial score (nSPS) is 12.2. The predicted molar refractivity (Wildman–Crippen MR) is 73.1 cm³/mol. The molecule has 3 nitrogen and oxygen atoms in total. The molecule has 0 heterocycles. The van der Waals surface area contributed by atoms with Gasteiger partial charge in [-0.2, -0.15) is 0 Å². The average molecular weight is 284 g/mol. The van der Waals surface area contributed by atoms with Gasteiger partial charge in [-0.25, -0.2) is 4.79 Å². The lowest BCUT2D eigenvalue weighted by atomic mass is 10.1. The van der Waals surface area contributed by atoms with Gasteiger partial charge in [0.2, 0.25) is 0 Å². The Morgan fingerprint density at radius 3 is 2.59 bits per heavy atom. The highest BCUT2D eigenvalue weighted by Crippen LogP contribution is 2.05. The molecule has 0 aliphatic heterocycles. The van der Waals surface area contributed by atoms with Crippen LogP contribution in [0.25, 0.3) is 0 Å². The summed E-state index contributed by atoms with van der Waals surface area (Å²) in [6.45, 7) is 5.82. The zero-order valence-electron chi connectivity index (χ0n) is 10.8. The third-order valence-electron chi connectivity index (χ3n) is 2.55. The SMILES string of the molecule is CCN(CCCCCl)C(=O)OCCC(C)CCl. The van der Waals surface area contributed by atoms with E-state index in [1.54, 1.807) is 4.90 Å². The lowest BCUT2D eigenvalue weighted by molar-refractivity contribution is 0.0996. The second-order valence-electron chi connectivity index (χ2n) is 4.14. The first kappa shape index (κ1) is 16.9. The molecule has 0 rings (SSSR count). The molecule has 0 saturated carbocycles. The third-order valence-corrected chi connectivity index (χ3v) is 3.35. The minimum absolute atomic E-state index is 0.233. The Morgan fingerprint density at radius 2 is 2.06 bits per heavy atom. The largest absolute Gasteiger partial charge is 0.449 e. The van der Waals surface area contributed by atoms with Crippen molar-refractivity contribution in [2.45, 2.75) is 33.1 Å². The van der Waals surface area contributed by atoms with Crippen LogP contribution in [0.3, 0.4) is 0 Å². The summed E-state index contributed by atoms with van der Waals surface area (Å²) in [7, 11) is 0. The van der Waals surface area contributed by atoms with Gasteiger partial charge in [0, 0.05) is 24.8 Å². The van der Waals surface area contributed by atoms with Gasteiger partial charge >= 0.3 is 6.09 Å². The average Bonchev–Trinajstić information content (AvgIpc) is 2.34. The number of rotatable bonds is 9. The molecule has 102 valence electrons. The van der Waals surface area contributed by atoms with Crippen molar-refractivity contribution < 1.29 is 9.53 Å². The second kappa shape index (κ2) is 11.0. The molecule has 0 radical (unpaired) electrons. The standard InChI is InChI=1S/C12H23Cl2NO2/c1-3-15(8-5-4-7-13)12(16)17-9-6-11(2)10-14/h11H,3-10H2,1-2H3. The van der Waals surface area contributed by atoms with Crippen LogP contribution in [0.15, 0.2) is 0 Å². The molecule has 0 aliphatic carbocycles. The van der Waals surface area contributed by atoms with E-state index in [0.717, 1.165) is 19.3 Å². The Balaban J connectivity index is 3.75. The van der Waals surface area contributed by atoms with Gasteiger partial charge in [-0.1, -0.05) is 6.92 Å². The van der Waals surface area contributed by atoms with Gasteiger partial charge in [-0.05, 0) is 32.1 Å². The van der Waals surface area contributed by atoms with Crippen molar-refractivity contribution in [3.63, 3.8) is 0 Å². The molecular weight excluding hydrogens is 261 g/mol. The monoisotopic (exact) mass is 283 g/mol. The van der Waals surface area contributed by atoms with E-state index in [0.29, 0.717) is 37.4 Å². The van der Waals surface area contributed by atoms with Crippen LogP contribution in [0.4, 0.5) is 4.79 Å². The van der Waals surface area contributed by atoms with Crippen molar-refractivity contribution >= 4 is 29.3 Å². The predicted octanol–water partition coefficient (Wildman–Crippen LogP) is 3.73. The maximum absolute atomic E-state index is 11.7. The maximum Gasteiger partial charge on any atom is 0.409 e. The Kier molecular flexibility index (Phi) is 10.9. The van der Waals surface area contributed by atoms with Gasteiger partial charge in [0.15, 0.2) is 0 Å². The maximum atomic E-state index is 11.7. The van der Waals surface area contributed by atoms with E-state index >= 15 is 0 Å². The molecule has 0 N–H and O–H groups in total. The number of carbonyl (C=O) groups is 1.